The van der Waals surface area contributed by atoms with Gasteiger partial charge in [-0.3, -0.25) is 4.79 Å². The molecule has 0 aromatic heterocycles. The Morgan fingerprint density at radius 1 is 1.69 bits per heavy atom. The summed E-state index contributed by atoms with van der Waals surface area (Å²) in [4.78, 5) is 10.8. The predicted octanol–water partition coefficient (Wildman–Crippen LogP) is 0.608. The Balaban J connectivity index is 1.91. The molecule has 0 aromatic carbocycles. The van der Waals surface area contributed by atoms with Gasteiger partial charge in [0.25, 0.3) is 0 Å². The normalized spacial score (nSPS) is 21.9. The fourth-order valence-electron chi connectivity index (χ4n) is 1.40. The first-order chi connectivity index (χ1) is 6.33. The highest BCUT2D eigenvalue weighted by molar-refractivity contribution is 7.99. The molecule has 1 heterocycles. The van der Waals surface area contributed by atoms with Gasteiger partial charge in [-0.05, 0) is 12.2 Å². The Morgan fingerprint density at radius 2 is 2.54 bits per heavy atom. The third-order valence-electron chi connectivity index (χ3n) is 2.10. The van der Waals surface area contributed by atoms with Crippen LogP contribution in [0.1, 0.15) is 19.8 Å². The fourth-order valence-corrected chi connectivity index (χ4v) is 1.97. The summed E-state index contributed by atoms with van der Waals surface area (Å²) in [5.74, 6) is 2.55. The van der Waals surface area contributed by atoms with Gasteiger partial charge in [0.1, 0.15) is 0 Å². The zero-order valence-corrected chi connectivity index (χ0v) is 8.95. The van der Waals surface area contributed by atoms with Gasteiger partial charge in [0.2, 0.25) is 5.91 Å². The highest BCUT2D eigenvalue weighted by atomic mass is 32.2. The number of hydrogen-bond acceptors (Lipinski definition) is 3. The number of carbonyl (C=O) groups excluding carboxylic acids is 1. The van der Waals surface area contributed by atoms with Crippen LogP contribution in [-0.2, 0) is 4.79 Å². The molecule has 1 amide bonds. The van der Waals surface area contributed by atoms with E-state index in [9.17, 15) is 4.79 Å². The van der Waals surface area contributed by atoms with Crippen molar-refractivity contribution in [2.75, 3.05) is 24.6 Å². The van der Waals surface area contributed by atoms with Gasteiger partial charge in [-0.15, -0.1) is 0 Å². The van der Waals surface area contributed by atoms with Crippen LogP contribution in [0.15, 0.2) is 0 Å². The lowest BCUT2D eigenvalue weighted by molar-refractivity contribution is -0.119. The molecule has 0 radical (unpaired) electrons. The van der Waals surface area contributed by atoms with Crippen LogP contribution >= 0.6 is 11.8 Å². The van der Waals surface area contributed by atoms with Crippen LogP contribution in [0, 0.1) is 0 Å². The number of carbonyl (C=O) groups is 1. The minimum absolute atomic E-state index is 0.203. The van der Waals surface area contributed by atoms with Crippen molar-refractivity contribution in [1.29, 1.82) is 0 Å². The van der Waals surface area contributed by atoms with Crippen LogP contribution in [0.5, 0.6) is 0 Å². The largest absolute Gasteiger partial charge is 0.352 e. The first kappa shape index (κ1) is 10.9. The molecular formula is C9H18N2OS. The number of rotatable bonds is 6. The molecule has 0 bridgehead atoms. The summed E-state index contributed by atoms with van der Waals surface area (Å²) in [5, 5.41) is 6.28. The summed E-state index contributed by atoms with van der Waals surface area (Å²) in [7, 11) is 0. The van der Waals surface area contributed by atoms with Crippen LogP contribution in [0.4, 0.5) is 0 Å². The lowest BCUT2D eigenvalue weighted by Crippen LogP contribution is -2.36. The van der Waals surface area contributed by atoms with Crippen molar-refractivity contribution < 1.29 is 4.79 Å². The monoisotopic (exact) mass is 202 g/mol. The topological polar surface area (TPSA) is 41.1 Å². The Labute approximate surface area is 84.0 Å². The van der Waals surface area contributed by atoms with E-state index in [0.717, 1.165) is 25.3 Å². The molecule has 1 unspecified atom stereocenters. The van der Waals surface area contributed by atoms with Gasteiger partial charge >= 0.3 is 0 Å². The maximum absolute atomic E-state index is 10.8. The van der Waals surface area contributed by atoms with E-state index in [1.54, 1.807) is 0 Å². The van der Waals surface area contributed by atoms with Gasteiger partial charge in [-0.1, -0.05) is 6.92 Å². The van der Waals surface area contributed by atoms with Gasteiger partial charge in [-0.2, -0.15) is 11.8 Å². The third kappa shape index (κ3) is 4.52. The lowest BCUT2D eigenvalue weighted by atomic mass is 10.2. The van der Waals surface area contributed by atoms with Gasteiger partial charge in [0, 0.05) is 31.3 Å². The summed E-state index contributed by atoms with van der Waals surface area (Å²) in [6.45, 7) is 4.14. The summed E-state index contributed by atoms with van der Waals surface area (Å²) in [5.41, 5.74) is 0. The van der Waals surface area contributed by atoms with Crippen molar-refractivity contribution in [3.63, 3.8) is 0 Å². The van der Waals surface area contributed by atoms with Crippen LogP contribution in [0.2, 0.25) is 0 Å². The quantitative estimate of drug-likeness (QED) is 0.620. The van der Waals surface area contributed by atoms with Crippen LogP contribution in [0.3, 0.4) is 0 Å². The van der Waals surface area contributed by atoms with E-state index in [-0.39, 0.29) is 5.91 Å². The summed E-state index contributed by atoms with van der Waals surface area (Å²) in [6, 6.07) is 0.374. The minimum Gasteiger partial charge on any atom is -0.352 e. The maximum atomic E-state index is 10.8. The third-order valence-corrected chi connectivity index (χ3v) is 3.00. The van der Waals surface area contributed by atoms with E-state index in [0.29, 0.717) is 12.5 Å². The van der Waals surface area contributed by atoms with E-state index in [2.05, 4.69) is 17.6 Å². The first-order valence-electron chi connectivity index (χ1n) is 4.90. The number of hydrogen-bond donors (Lipinski definition) is 2. The molecule has 3 nitrogen and oxygen atoms in total. The second kappa shape index (κ2) is 6.27. The molecule has 0 aromatic rings. The highest BCUT2D eigenvalue weighted by Gasteiger charge is 2.19. The molecule has 1 aliphatic rings. The second-order valence-electron chi connectivity index (χ2n) is 3.20. The van der Waals surface area contributed by atoms with Crippen LogP contribution < -0.4 is 10.6 Å². The van der Waals surface area contributed by atoms with E-state index in [4.69, 9.17) is 0 Å². The molecule has 13 heavy (non-hydrogen) atoms. The Bertz CT molecular complexity index is 164. The Morgan fingerprint density at radius 3 is 3.15 bits per heavy atom. The summed E-state index contributed by atoms with van der Waals surface area (Å²) < 4.78 is 0. The minimum atomic E-state index is 0.203. The van der Waals surface area contributed by atoms with Crippen molar-refractivity contribution in [2.45, 2.75) is 25.8 Å². The predicted molar refractivity (Wildman–Crippen MR) is 57.0 cm³/mol. The summed E-state index contributed by atoms with van der Waals surface area (Å²) in [6.07, 6.45) is 1.70. The molecule has 1 rings (SSSR count). The molecule has 1 aliphatic heterocycles. The average Bonchev–Trinajstić information content (AvgIpc) is 2.51. The van der Waals surface area contributed by atoms with Gasteiger partial charge in [0.15, 0.2) is 0 Å². The molecule has 1 atom stereocenters. The van der Waals surface area contributed by atoms with E-state index >= 15 is 0 Å². The molecule has 0 spiro atoms. The number of amides is 1. The van der Waals surface area contributed by atoms with Crippen LogP contribution in [-0.4, -0.2) is 36.5 Å². The Hall–Kier alpha value is -0.220. The van der Waals surface area contributed by atoms with Gasteiger partial charge in [-0.25, -0.2) is 0 Å². The van der Waals surface area contributed by atoms with Crippen molar-refractivity contribution in [3.8, 4) is 0 Å². The molecule has 1 saturated heterocycles. The summed E-state index contributed by atoms with van der Waals surface area (Å²) >= 11 is 1.94. The SMILES string of the molecule is CCSCCNCC1CCC(=O)N1. The smallest absolute Gasteiger partial charge is 0.220 e. The zero-order valence-electron chi connectivity index (χ0n) is 8.14. The van der Waals surface area contributed by atoms with E-state index < -0.39 is 0 Å². The zero-order chi connectivity index (χ0) is 9.52. The molecule has 76 valence electrons. The van der Waals surface area contributed by atoms with Gasteiger partial charge < -0.3 is 10.6 Å². The van der Waals surface area contributed by atoms with E-state index in [1.165, 1.54) is 5.75 Å². The molecule has 0 saturated carbocycles. The molecule has 2 N–H and O–H groups in total. The molecule has 0 aliphatic carbocycles. The van der Waals surface area contributed by atoms with Crippen molar-refractivity contribution >= 4 is 17.7 Å². The standard InChI is InChI=1S/C9H18N2OS/c1-2-13-6-5-10-7-8-3-4-9(12)11-8/h8,10H,2-7H2,1H3,(H,11,12). The van der Waals surface area contributed by atoms with Crippen molar-refractivity contribution in [3.05, 3.63) is 0 Å². The first-order valence-corrected chi connectivity index (χ1v) is 6.06. The molecular weight excluding hydrogens is 184 g/mol. The maximum Gasteiger partial charge on any atom is 0.220 e. The molecule has 4 heteroatoms. The Kier molecular flexibility index (Phi) is 5.23. The second-order valence-corrected chi connectivity index (χ2v) is 4.60. The highest BCUT2D eigenvalue weighted by Crippen LogP contribution is 2.04. The lowest BCUT2D eigenvalue weighted by Gasteiger charge is -2.10. The van der Waals surface area contributed by atoms with Gasteiger partial charge in [0.05, 0.1) is 0 Å². The van der Waals surface area contributed by atoms with Crippen LogP contribution in [0.25, 0.3) is 0 Å². The fraction of sp³-hybridized carbons (Fsp3) is 0.889. The van der Waals surface area contributed by atoms with E-state index in [1.807, 2.05) is 11.8 Å². The van der Waals surface area contributed by atoms with Crippen molar-refractivity contribution in [2.24, 2.45) is 0 Å². The number of thioether (sulfide) groups is 1. The average molecular weight is 202 g/mol. The number of nitrogens with one attached hydrogen (secondary N) is 2. The molecule has 1 fully saturated rings. The van der Waals surface area contributed by atoms with Crippen molar-refractivity contribution in [1.82, 2.24) is 10.6 Å².